The van der Waals surface area contributed by atoms with Gasteiger partial charge in [-0.15, -0.1) is 0 Å². The first-order chi connectivity index (χ1) is 10.1. The first-order valence-electron chi connectivity index (χ1n) is 7.44. The van der Waals surface area contributed by atoms with Crippen molar-refractivity contribution in [3.8, 4) is 11.5 Å². The highest BCUT2D eigenvalue weighted by atomic mass is 16.5. The number of nitrogens with one attached hydrogen (secondary N) is 2. The number of rotatable bonds is 9. The third-order valence-corrected chi connectivity index (χ3v) is 3.06. The lowest BCUT2D eigenvalue weighted by Crippen LogP contribution is -2.36. The number of hydrogen-bond donors (Lipinski definition) is 2. The van der Waals surface area contributed by atoms with E-state index >= 15 is 0 Å². The summed E-state index contributed by atoms with van der Waals surface area (Å²) < 4.78 is 11.0. The van der Waals surface area contributed by atoms with Crippen LogP contribution in [-0.4, -0.2) is 32.2 Å². The Morgan fingerprint density at radius 2 is 2.10 bits per heavy atom. The normalized spacial score (nSPS) is 11.8. The molecule has 1 atom stereocenters. The van der Waals surface area contributed by atoms with E-state index in [4.69, 9.17) is 9.47 Å². The number of methoxy groups -OCH3 is 1. The molecule has 0 fully saturated rings. The monoisotopic (exact) mass is 294 g/mol. The predicted molar refractivity (Wildman–Crippen MR) is 83.8 cm³/mol. The van der Waals surface area contributed by atoms with Crippen LogP contribution < -0.4 is 20.1 Å². The number of carbonyl (C=O) groups is 1. The van der Waals surface area contributed by atoms with Gasteiger partial charge in [-0.3, -0.25) is 4.79 Å². The van der Waals surface area contributed by atoms with Crippen LogP contribution in [0.25, 0.3) is 0 Å². The zero-order valence-electron chi connectivity index (χ0n) is 13.4. The number of benzene rings is 1. The Morgan fingerprint density at radius 3 is 2.71 bits per heavy atom. The highest BCUT2D eigenvalue weighted by Crippen LogP contribution is 2.25. The van der Waals surface area contributed by atoms with E-state index in [-0.39, 0.29) is 5.91 Å². The first kappa shape index (κ1) is 17.3. The molecule has 0 aliphatic rings. The van der Waals surface area contributed by atoms with Crippen molar-refractivity contribution in [2.75, 3.05) is 20.2 Å². The molecular formula is C16H26N2O3. The second-order valence-corrected chi connectivity index (χ2v) is 4.81. The van der Waals surface area contributed by atoms with E-state index in [1.54, 1.807) is 14.0 Å². The Kier molecular flexibility index (Phi) is 7.61. The van der Waals surface area contributed by atoms with Gasteiger partial charge in [0, 0.05) is 24.7 Å². The minimum atomic E-state index is -0.538. The van der Waals surface area contributed by atoms with Crippen LogP contribution in [0.15, 0.2) is 18.2 Å². The zero-order valence-corrected chi connectivity index (χ0v) is 13.4. The summed E-state index contributed by atoms with van der Waals surface area (Å²) in [6.07, 6.45) is 0.368. The Morgan fingerprint density at radius 1 is 1.33 bits per heavy atom. The second-order valence-electron chi connectivity index (χ2n) is 4.81. The van der Waals surface area contributed by atoms with E-state index in [0.29, 0.717) is 24.6 Å². The third-order valence-electron chi connectivity index (χ3n) is 3.06. The van der Waals surface area contributed by atoms with E-state index in [9.17, 15) is 4.79 Å². The van der Waals surface area contributed by atoms with E-state index < -0.39 is 6.10 Å². The van der Waals surface area contributed by atoms with Crippen molar-refractivity contribution in [1.82, 2.24) is 10.6 Å². The van der Waals surface area contributed by atoms with Gasteiger partial charge in [0.1, 0.15) is 11.5 Å². The van der Waals surface area contributed by atoms with Gasteiger partial charge in [-0.25, -0.2) is 0 Å². The highest BCUT2D eigenvalue weighted by Gasteiger charge is 2.16. The highest BCUT2D eigenvalue weighted by molar-refractivity contribution is 5.80. The molecule has 21 heavy (non-hydrogen) atoms. The van der Waals surface area contributed by atoms with Crippen LogP contribution in [0.5, 0.6) is 11.5 Å². The van der Waals surface area contributed by atoms with Gasteiger partial charge in [0.25, 0.3) is 5.91 Å². The van der Waals surface area contributed by atoms with Crippen LogP contribution in [0.4, 0.5) is 0 Å². The van der Waals surface area contributed by atoms with Crippen LogP contribution >= 0.6 is 0 Å². The largest absolute Gasteiger partial charge is 0.497 e. The third kappa shape index (κ3) is 5.63. The maximum absolute atomic E-state index is 11.9. The molecule has 0 spiro atoms. The molecule has 0 aliphatic carbocycles. The van der Waals surface area contributed by atoms with Gasteiger partial charge in [-0.1, -0.05) is 19.9 Å². The molecule has 0 heterocycles. The molecule has 0 aromatic heterocycles. The molecule has 5 nitrogen and oxygen atoms in total. The maximum Gasteiger partial charge on any atom is 0.260 e. The number of amides is 1. The first-order valence-corrected chi connectivity index (χ1v) is 7.44. The fourth-order valence-electron chi connectivity index (χ4n) is 1.81. The van der Waals surface area contributed by atoms with Crippen molar-refractivity contribution >= 4 is 5.91 Å². The fraction of sp³-hybridized carbons (Fsp3) is 0.562. The lowest BCUT2D eigenvalue weighted by molar-refractivity contribution is -0.127. The molecule has 118 valence electrons. The molecule has 0 aliphatic heterocycles. The van der Waals surface area contributed by atoms with Gasteiger partial charge in [-0.05, 0) is 26.0 Å². The summed E-state index contributed by atoms with van der Waals surface area (Å²) in [6, 6.07) is 5.66. The van der Waals surface area contributed by atoms with Crippen LogP contribution in [0.3, 0.4) is 0 Å². The molecule has 1 aromatic carbocycles. The quantitative estimate of drug-likeness (QED) is 0.732. The molecule has 1 unspecified atom stereocenters. The van der Waals surface area contributed by atoms with E-state index in [1.807, 2.05) is 32.0 Å². The summed E-state index contributed by atoms with van der Waals surface area (Å²) in [6.45, 7) is 8.04. The summed E-state index contributed by atoms with van der Waals surface area (Å²) in [5.74, 6) is 1.29. The molecule has 1 rings (SSSR count). The van der Waals surface area contributed by atoms with Gasteiger partial charge in [0.2, 0.25) is 0 Å². The number of carbonyl (C=O) groups excluding carboxylic acids is 1. The Labute approximate surface area is 127 Å². The van der Waals surface area contributed by atoms with Crippen LogP contribution in [0.1, 0.15) is 32.8 Å². The van der Waals surface area contributed by atoms with Gasteiger partial charge in [0.05, 0.1) is 7.11 Å². The number of hydrogen-bond acceptors (Lipinski definition) is 4. The number of ether oxygens (including phenoxy) is 2. The average Bonchev–Trinajstić information content (AvgIpc) is 2.51. The second kappa shape index (κ2) is 9.23. The molecular weight excluding hydrogens is 268 g/mol. The molecule has 0 saturated heterocycles. The average molecular weight is 294 g/mol. The molecule has 2 N–H and O–H groups in total. The van der Waals surface area contributed by atoms with E-state index in [0.717, 1.165) is 18.5 Å². The topological polar surface area (TPSA) is 59.6 Å². The van der Waals surface area contributed by atoms with Crippen molar-refractivity contribution in [1.29, 1.82) is 0 Å². The van der Waals surface area contributed by atoms with Crippen molar-refractivity contribution in [3.05, 3.63) is 23.8 Å². The van der Waals surface area contributed by atoms with Crippen molar-refractivity contribution in [2.45, 2.75) is 39.8 Å². The van der Waals surface area contributed by atoms with Crippen LogP contribution in [0, 0.1) is 0 Å². The minimum Gasteiger partial charge on any atom is -0.497 e. The summed E-state index contributed by atoms with van der Waals surface area (Å²) in [7, 11) is 1.61. The maximum atomic E-state index is 11.9. The minimum absolute atomic E-state index is 0.103. The van der Waals surface area contributed by atoms with Crippen LogP contribution in [0.2, 0.25) is 0 Å². The molecule has 5 heteroatoms. The smallest absolute Gasteiger partial charge is 0.260 e. The molecule has 0 radical (unpaired) electrons. The van der Waals surface area contributed by atoms with E-state index in [2.05, 4.69) is 10.6 Å². The Hall–Kier alpha value is -1.75. The summed E-state index contributed by atoms with van der Waals surface area (Å²) in [5.41, 5.74) is 1.01. The molecule has 0 saturated carbocycles. The Bertz CT molecular complexity index is 449. The van der Waals surface area contributed by atoms with Crippen LogP contribution in [-0.2, 0) is 11.3 Å². The zero-order chi connectivity index (χ0) is 15.7. The molecule has 1 amide bonds. The summed E-state index contributed by atoms with van der Waals surface area (Å²) in [5, 5.41) is 6.09. The van der Waals surface area contributed by atoms with Gasteiger partial charge in [-0.2, -0.15) is 0 Å². The predicted octanol–water partition coefficient (Wildman–Crippen LogP) is 2.10. The van der Waals surface area contributed by atoms with Crippen molar-refractivity contribution in [2.24, 2.45) is 0 Å². The fourth-order valence-corrected chi connectivity index (χ4v) is 1.81. The SMILES string of the molecule is CCCNC(=O)C(C)Oc1cc(OC)ccc1CNCC. The molecule has 1 aromatic rings. The van der Waals surface area contributed by atoms with Crippen molar-refractivity contribution < 1.29 is 14.3 Å². The summed E-state index contributed by atoms with van der Waals surface area (Å²) >= 11 is 0. The van der Waals surface area contributed by atoms with Gasteiger partial charge < -0.3 is 20.1 Å². The standard InChI is InChI=1S/C16H26N2O3/c1-5-9-18-16(19)12(3)21-15-10-14(20-4)8-7-13(15)11-17-6-2/h7-8,10,12,17H,5-6,9,11H2,1-4H3,(H,18,19). The molecule has 0 bridgehead atoms. The van der Waals surface area contributed by atoms with E-state index in [1.165, 1.54) is 0 Å². The Balaban J connectivity index is 2.80. The van der Waals surface area contributed by atoms with Gasteiger partial charge in [0.15, 0.2) is 6.10 Å². The summed E-state index contributed by atoms with van der Waals surface area (Å²) in [4.78, 5) is 11.9. The lowest BCUT2D eigenvalue weighted by atomic mass is 10.2. The van der Waals surface area contributed by atoms with Crippen molar-refractivity contribution in [3.63, 3.8) is 0 Å². The lowest BCUT2D eigenvalue weighted by Gasteiger charge is -2.18. The van der Waals surface area contributed by atoms with Gasteiger partial charge >= 0.3 is 0 Å².